The highest BCUT2D eigenvalue weighted by Crippen LogP contribution is 2.07. The molecule has 0 saturated heterocycles. The van der Waals surface area contributed by atoms with E-state index < -0.39 is 5.60 Å². The first kappa shape index (κ1) is 7.66. The molecule has 1 atom stereocenters. The Kier molecular flexibility index (Phi) is 2.72. The Balaban J connectivity index is 3.53. The molecule has 0 spiro atoms. The average molecular weight is 116 g/mol. The van der Waals surface area contributed by atoms with Crippen LogP contribution in [0.15, 0.2) is 12.7 Å². The van der Waals surface area contributed by atoms with Gasteiger partial charge in [-0.1, -0.05) is 6.08 Å². The number of hydrogen-bond acceptors (Lipinski definition) is 2. The highest BCUT2D eigenvalue weighted by Gasteiger charge is 2.12. The summed E-state index contributed by atoms with van der Waals surface area (Å²) in [4.78, 5) is 0. The number of rotatable bonds is 3. The van der Waals surface area contributed by atoms with Crippen LogP contribution in [0.5, 0.6) is 0 Å². The largest absolute Gasteiger partial charge is 0.396 e. The van der Waals surface area contributed by atoms with E-state index in [1.807, 2.05) is 0 Å². The van der Waals surface area contributed by atoms with Crippen LogP contribution in [0, 0.1) is 0 Å². The van der Waals surface area contributed by atoms with E-state index >= 15 is 0 Å². The van der Waals surface area contributed by atoms with E-state index in [9.17, 15) is 0 Å². The topological polar surface area (TPSA) is 40.5 Å². The van der Waals surface area contributed by atoms with Gasteiger partial charge in [-0.15, -0.1) is 6.58 Å². The second-order valence-corrected chi connectivity index (χ2v) is 2.03. The van der Waals surface area contributed by atoms with E-state index in [0.29, 0.717) is 6.42 Å². The Morgan fingerprint density at radius 1 is 1.75 bits per heavy atom. The lowest BCUT2D eigenvalue weighted by Gasteiger charge is -2.15. The van der Waals surface area contributed by atoms with Crippen molar-refractivity contribution in [3.8, 4) is 0 Å². The molecule has 0 aliphatic rings. The van der Waals surface area contributed by atoms with Crippen LogP contribution in [0.3, 0.4) is 0 Å². The summed E-state index contributed by atoms with van der Waals surface area (Å²) in [5.74, 6) is 0. The molecule has 0 aromatic heterocycles. The summed E-state index contributed by atoms with van der Waals surface area (Å²) in [7, 11) is 0. The van der Waals surface area contributed by atoms with Crippen molar-refractivity contribution in [1.82, 2.24) is 0 Å². The summed E-state index contributed by atoms with van der Waals surface area (Å²) in [5, 5.41) is 17.4. The van der Waals surface area contributed by atoms with E-state index in [1.54, 1.807) is 6.92 Å². The molecule has 0 aromatic carbocycles. The summed E-state index contributed by atoms with van der Waals surface area (Å²) < 4.78 is 0. The van der Waals surface area contributed by atoms with Crippen LogP contribution < -0.4 is 0 Å². The molecule has 0 aliphatic carbocycles. The maximum atomic E-state index is 9.05. The molecule has 0 fully saturated rings. The summed E-state index contributed by atoms with van der Waals surface area (Å²) >= 11 is 0. The highest BCUT2D eigenvalue weighted by molar-refractivity contribution is 4.90. The van der Waals surface area contributed by atoms with Crippen LogP contribution in [-0.4, -0.2) is 22.4 Å². The third-order valence-corrected chi connectivity index (χ3v) is 1.06. The monoisotopic (exact) mass is 116 g/mol. The van der Waals surface area contributed by atoms with Gasteiger partial charge in [-0.05, 0) is 6.92 Å². The minimum absolute atomic E-state index is 0.000972. The fourth-order valence-electron chi connectivity index (χ4n) is 0.328. The van der Waals surface area contributed by atoms with E-state index in [2.05, 4.69) is 6.58 Å². The van der Waals surface area contributed by atoms with Gasteiger partial charge in [-0.3, -0.25) is 0 Å². The summed E-state index contributed by atoms with van der Waals surface area (Å²) in [6.45, 7) is 5.00. The number of aliphatic hydroxyl groups is 2. The van der Waals surface area contributed by atoms with Crippen molar-refractivity contribution in [2.45, 2.75) is 18.9 Å². The van der Waals surface area contributed by atoms with Crippen LogP contribution >= 0.6 is 0 Å². The minimum Gasteiger partial charge on any atom is -0.396 e. The maximum absolute atomic E-state index is 9.05. The Morgan fingerprint density at radius 2 is 2.25 bits per heavy atom. The standard InChI is InChI=1S/C6H12O2/c1-3-6(2,8)4-5-7/h3,7-8H,1,4-5H2,2H3. The van der Waals surface area contributed by atoms with Crippen molar-refractivity contribution in [1.29, 1.82) is 0 Å². The van der Waals surface area contributed by atoms with Gasteiger partial charge in [-0.2, -0.15) is 0 Å². The number of hydrogen-bond donors (Lipinski definition) is 2. The normalized spacial score (nSPS) is 17.4. The predicted octanol–water partition coefficient (Wildman–Crippen LogP) is 0.306. The van der Waals surface area contributed by atoms with Gasteiger partial charge >= 0.3 is 0 Å². The van der Waals surface area contributed by atoms with Crippen molar-refractivity contribution < 1.29 is 10.2 Å². The first-order chi connectivity index (χ1) is 3.62. The molecule has 0 aromatic rings. The molecule has 0 rings (SSSR count). The highest BCUT2D eigenvalue weighted by atomic mass is 16.3. The number of aliphatic hydroxyl groups excluding tert-OH is 1. The van der Waals surface area contributed by atoms with Gasteiger partial charge < -0.3 is 10.2 Å². The van der Waals surface area contributed by atoms with Crippen molar-refractivity contribution in [2.24, 2.45) is 0 Å². The molecule has 0 heterocycles. The van der Waals surface area contributed by atoms with Gasteiger partial charge in [0.25, 0.3) is 0 Å². The van der Waals surface area contributed by atoms with Crippen LogP contribution in [-0.2, 0) is 0 Å². The molecule has 2 nitrogen and oxygen atoms in total. The van der Waals surface area contributed by atoms with E-state index in [0.717, 1.165) is 0 Å². The first-order valence-electron chi connectivity index (χ1n) is 2.59. The Labute approximate surface area is 49.5 Å². The van der Waals surface area contributed by atoms with Gasteiger partial charge in [-0.25, -0.2) is 0 Å². The third kappa shape index (κ3) is 2.77. The Bertz CT molecular complexity index is 76.6. The predicted molar refractivity (Wildman–Crippen MR) is 32.5 cm³/mol. The fourth-order valence-corrected chi connectivity index (χ4v) is 0.328. The molecule has 8 heavy (non-hydrogen) atoms. The van der Waals surface area contributed by atoms with Gasteiger partial charge in [0.1, 0.15) is 0 Å². The molecule has 48 valence electrons. The molecule has 2 N–H and O–H groups in total. The van der Waals surface area contributed by atoms with E-state index in [-0.39, 0.29) is 6.61 Å². The fraction of sp³-hybridized carbons (Fsp3) is 0.667. The van der Waals surface area contributed by atoms with E-state index in [1.165, 1.54) is 6.08 Å². The second-order valence-electron chi connectivity index (χ2n) is 2.03. The molecule has 2 heteroatoms. The second kappa shape index (κ2) is 2.84. The lowest BCUT2D eigenvalue weighted by Crippen LogP contribution is -2.21. The average Bonchev–Trinajstić information content (AvgIpc) is 1.67. The van der Waals surface area contributed by atoms with Crippen molar-refractivity contribution in [3.05, 3.63) is 12.7 Å². The molecule has 1 unspecified atom stereocenters. The zero-order chi connectivity index (χ0) is 6.62. The zero-order valence-corrected chi connectivity index (χ0v) is 5.09. The Morgan fingerprint density at radius 3 is 2.38 bits per heavy atom. The molecule has 0 saturated carbocycles. The zero-order valence-electron chi connectivity index (χ0n) is 5.09. The molecule has 0 amide bonds. The van der Waals surface area contributed by atoms with Gasteiger partial charge in [0.15, 0.2) is 0 Å². The van der Waals surface area contributed by atoms with Gasteiger partial charge in [0.2, 0.25) is 0 Å². The molecule has 0 aliphatic heterocycles. The van der Waals surface area contributed by atoms with Crippen molar-refractivity contribution >= 4 is 0 Å². The van der Waals surface area contributed by atoms with Gasteiger partial charge in [0.05, 0.1) is 5.60 Å². The van der Waals surface area contributed by atoms with Crippen LogP contribution in [0.4, 0.5) is 0 Å². The first-order valence-corrected chi connectivity index (χ1v) is 2.59. The molecule has 0 radical (unpaired) electrons. The van der Waals surface area contributed by atoms with Gasteiger partial charge in [0, 0.05) is 13.0 Å². The van der Waals surface area contributed by atoms with Crippen LogP contribution in [0.1, 0.15) is 13.3 Å². The third-order valence-electron chi connectivity index (χ3n) is 1.06. The lowest BCUT2D eigenvalue weighted by molar-refractivity contribution is 0.0791. The molecular formula is C6H12O2. The maximum Gasteiger partial charge on any atom is 0.0818 e. The molecule has 0 bridgehead atoms. The smallest absolute Gasteiger partial charge is 0.0818 e. The minimum atomic E-state index is -0.894. The summed E-state index contributed by atoms with van der Waals surface area (Å²) in [6.07, 6.45) is 1.78. The quantitative estimate of drug-likeness (QED) is 0.521. The van der Waals surface area contributed by atoms with Crippen molar-refractivity contribution in [2.75, 3.05) is 6.61 Å². The Hall–Kier alpha value is -0.340. The van der Waals surface area contributed by atoms with E-state index in [4.69, 9.17) is 10.2 Å². The molecular weight excluding hydrogens is 104 g/mol. The lowest BCUT2D eigenvalue weighted by atomic mass is 10.0. The van der Waals surface area contributed by atoms with Crippen LogP contribution in [0.25, 0.3) is 0 Å². The van der Waals surface area contributed by atoms with Crippen LogP contribution in [0.2, 0.25) is 0 Å². The summed E-state index contributed by atoms with van der Waals surface area (Å²) in [5.41, 5.74) is -0.894. The van der Waals surface area contributed by atoms with Crippen molar-refractivity contribution in [3.63, 3.8) is 0 Å². The summed E-state index contributed by atoms with van der Waals surface area (Å²) in [6, 6.07) is 0. The SMILES string of the molecule is C=CC(C)(O)CCO.